The Morgan fingerprint density at radius 2 is 1.73 bits per heavy atom. The van der Waals surface area contributed by atoms with Crippen molar-refractivity contribution in [3.63, 3.8) is 0 Å². The fourth-order valence-electron chi connectivity index (χ4n) is 2.40. The SMILES string of the molecule is CCOC(=O)C(N)Cc1ccccc1-c1ccccc1OC. The summed E-state index contributed by atoms with van der Waals surface area (Å²) in [5.41, 5.74) is 8.94. The van der Waals surface area contributed by atoms with Crippen LogP contribution < -0.4 is 10.5 Å². The van der Waals surface area contributed by atoms with Crippen LogP contribution in [0.2, 0.25) is 0 Å². The highest BCUT2D eigenvalue weighted by molar-refractivity contribution is 5.78. The van der Waals surface area contributed by atoms with Crippen LogP contribution in [0.15, 0.2) is 48.5 Å². The van der Waals surface area contributed by atoms with Crippen LogP contribution in [0.3, 0.4) is 0 Å². The Morgan fingerprint density at radius 1 is 1.09 bits per heavy atom. The van der Waals surface area contributed by atoms with E-state index in [9.17, 15) is 4.79 Å². The van der Waals surface area contributed by atoms with Gasteiger partial charge >= 0.3 is 5.97 Å². The van der Waals surface area contributed by atoms with Gasteiger partial charge in [-0.05, 0) is 30.5 Å². The Kier molecular flexibility index (Phi) is 5.55. The van der Waals surface area contributed by atoms with Gasteiger partial charge in [0, 0.05) is 5.56 Å². The maximum absolute atomic E-state index is 11.7. The van der Waals surface area contributed by atoms with Crippen molar-refractivity contribution in [1.29, 1.82) is 0 Å². The minimum atomic E-state index is -0.671. The van der Waals surface area contributed by atoms with E-state index in [0.29, 0.717) is 13.0 Å². The van der Waals surface area contributed by atoms with Crippen molar-refractivity contribution in [3.05, 3.63) is 54.1 Å². The molecule has 0 amide bonds. The number of carbonyl (C=O) groups is 1. The third kappa shape index (κ3) is 3.65. The largest absolute Gasteiger partial charge is 0.496 e. The van der Waals surface area contributed by atoms with Crippen LogP contribution in [0.1, 0.15) is 12.5 Å². The second-order valence-corrected chi connectivity index (χ2v) is 4.92. The van der Waals surface area contributed by atoms with Gasteiger partial charge in [0.1, 0.15) is 11.8 Å². The highest BCUT2D eigenvalue weighted by Gasteiger charge is 2.18. The first-order chi connectivity index (χ1) is 10.7. The van der Waals surface area contributed by atoms with E-state index in [1.54, 1.807) is 14.0 Å². The van der Waals surface area contributed by atoms with E-state index < -0.39 is 6.04 Å². The van der Waals surface area contributed by atoms with E-state index in [1.807, 2.05) is 48.5 Å². The zero-order valence-electron chi connectivity index (χ0n) is 12.9. The van der Waals surface area contributed by atoms with Crippen LogP contribution in [0.25, 0.3) is 11.1 Å². The molecule has 1 unspecified atom stereocenters. The molecule has 0 aliphatic rings. The molecule has 22 heavy (non-hydrogen) atoms. The van der Waals surface area contributed by atoms with Gasteiger partial charge in [-0.1, -0.05) is 42.5 Å². The number of ether oxygens (including phenoxy) is 2. The first-order valence-electron chi connectivity index (χ1n) is 7.30. The molecule has 2 aromatic carbocycles. The van der Waals surface area contributed by atoms with Gasteiger partial charge in [0.05, 0.1) is 13.7 Å². The van der Waals surface area contributed by atoms with Crippen LogP contribution >= 0.6 is 0 Å². The molecule has 0 aliphatic heterocycles. The lowest BCUT2D eigenvalue weighted by atomic mass is 9.95. The maximum Gasteiger partial charge on any atom is 0.323 e. The fourth-order valence-corrected chi connectivity index (χ4v) is 2.40. The molecular weight excluding hydrogens is 278 g/mol. The van der Waals surface area contributed by atoms with E-state index >= 15 is 0 Å². The van der Waals surface area contributed by atoms with Gasteiger partial charge in [-0.25, -0.2) is 0 Å². The van der Waals surface area contributed by atoms with Crippen molar-refractivity contribution >= 4 is 5.97 Å². The third-order valence-corrected chi connectivity index (χ3v) is 3.44. The molecule has 2 N–H and O–H groups in total. The van der Waals surface area contributed by atoms with E-state index in [0.717, 1.165) is 22.4 Å². The van der Waals surface area contributed by atoms with Crippen LogP contribution in [-0.2, 0) is 16.0 Å². The summed E-state index contributed by atoms with van der Waals surface area (Å²) in [7, 11) is 1.64. The molecule has 0 saturated carbocycles. The van der Waals surface area contributed by atoms with Gasteiger partial charge in [-0.3, -0.25) is 4.79 Å². The van der Waals surface area contributed by atoms with Crippen molar-refractivity contribution in [2.75, 3.05) is 13.7 Å². The summed E-state index contributed by atoms with van der Waals surface area (Å²) in [5.74, 6) is 0.414. The van der Waals surface area contributed by atoms with Crippen LogP contribution in [0, 0.1) is 0 Å². The molecule has 0 aromatic heterocycles. The minimum absolute atomic E-state index is 0.334. The molecule has 1 atom stereocenters. The van der Waals surface area contributed by atoms with Crippen molar-refractivity contribution in [2.45, 2.75) is 19.4 Å². The number of para-hydroxylation sites is 1. The quantitative estimate of drug-likeness (QED) is 0.833. The predicted octanol–water partition coefficient (Wildman–Crippen LogP) is 2.80. The highest BCUT2D eigenvalue weighted by Crippen LogP contribution is 2.32. The summed E-state index contributed by atoms with van der Waals surface area (Å²) in [4.78, 5) is 11.7. The lowest BCUT2D eigenvalue weighted by Gasteiger charge is -2.15. The van der Waals surface area contributed by atoms with Crippen molar-refractivity contribution < 1.29 is 14.3 Å². The average molecular weight is 299 g/mol. The molecule has 4 heteroatoms. The van der Waals surface area contributed by atoms with Crippen molar-refractivity contribution in [2.24, 2.45) is 5.73 Å². The lowest BCUT2D eigenvalue weighted by Crippen LogP contribution is -2.34. The first kappa shape index (κ1) is 16.0. The van der Waals surface area contributed by atoms with Crippen molar-refractivity contribution in [1.82, 2.24) is 0 Å². The predicted molar refractivity (Wildman–Crippen MR) is 86.7 cm³/mol. The zero-order chi connectivity index (χ0) is 15.9. The zero-order valence-corrected chi connectivity index (χ0v) is 12.9. The summed E-state index contributed by atoms with van der Waals surface area (Å²) in [5, 5.41) is 0. The first-order valence-corrected chi connectivity index (χ1v) is 7.30. The Morgan fingerprint density at radius 3 is 2.41 bits per heavy atom. The summed E-state index contributed by atoms with van der Waals surface area (Å²) in [6.07, 6.45) is 0.424. The lowest BCUT2D eigenvalue weighted by molar-refractivity contribution is -0.144. The van der Waals surface area contributed by atoms with Crippen LogP contribution in [0.4, 0.5) is 0 Å². The summed E-state index contributed by atoms with van der Waals surface area (Å²) in [6.45, 7) is 2.11. The molecule has 0 heterocycles. The van der Waals surface area contributed by atoms with E-state index in [-0.39, 0.29) is 5.97 Å². The number of methoxy groups -OCH3 is 1. The highest BCUT2D eigenvalue weighted by atomic mass is 16.5. The number of benzene rings is 2. The monoisotopic (exact) mass is 299 g/mol. The van der Waals surface area contributed by atoms with Gasteiger partial charge in [-0.15, -0.1) is 0 Å². The summed E-state index contributed by atoms with van der Waals surface area (Å²) in [6, 6.07) is 15.0. The molecule has 2 rings (SSSR count). The van der Waals surface area contributed by atoms with E-state index in [4.69, 9.17) is 15.2 Å². The Bertz CT molecular complexity index is 640. The number of esters is 1. The van der Waals surface area contributed by atoms with E-state index in [1.165, 1.54) is 0 Å². The maximum atomic E-state index is 11.7. The Hall–Kier alpha value is -2.33. The number of hydrogen-bond acceptors (Lipinski definition) is 4. The minimum Gasteiger partial charge on any atom is -0.496 e. The molecule has 0 bridgehead atoms. The molecule has 2 aromatic rings. The molecule has 4 nitrogen and oxygen atoms in total. The fraction of sp³-hybridized carbons (Fsp3) is 0.278. The normalized spacial score (nSPS) is 11.8. The van der Waals surface area contributed by atoms with E-state index in [2.05, 4.69) is 0 Å². The summed E-state index contributed by atoms with van der Waals surface area (Å²) < 4.78 is 10.4. The van der Waals surface area contributed by atoms with Gasteiger partial charge < -0.3 is 15.2 Å². The molecule has 0 aliphatic carbocycles. The van der Waals surface area contributed by atoms with Crippen LogP contribution in [0.5, 0.6) is 5.75 Å². The summed E-state index contributed by atoms with van der Waals surface area (Å²) >= 11 is 0. The smallest absolute Gasteiger partial charge is 0.323 e. The van der Waals surface area contributed by atoms with Gasteiger partial charge in [0.15, 0.2) is 0 Å². The van der Waals surface area contributed by atoms with Crippen molar-refractivity contribution in [3.8, 4) is 16.9 Å². The van der Waals surface area contributed by atoms with Gasteiger partial charge in [0.2, 0.25) is 0 Å². The topological polar surface area (TPSA) is 61.5 Å². The molecule has 0 saturated heterocycles. The molecule has 0 spiro atoms. The number of rotatable bonds is 6. The number of hydrogen-bond donors (Lipinski definition) is 1. The number of nitrogens with two attached hydrogens (primary N) is 1. The second-order valence-electron chi connectivity index (χ2n) is 4.92. The van der Waals surface area contributed by atoms with Crippen LogP contribution in [-0.4, -0.2) is 25.7 Å². The van der Waals surface area contributed by atoms with Gasteiger partial charge in [0.25, 0.3) is 0 Å². The Labute approximate surface area is 130 Å². The third-order valence-electron chi connectivity index (χ3n) is 3.44. The van der Waals surface area contributed by atoms with Gasteiger partial charge in [-0.2, -0.15) is 0 Å². The second kappa shape index (κ2) is 7.61. The standard InChI is InChI=1S/C18H21NO3/c1-3-22-18(20)16(19)12-13-8-4-5-9-14(13)15-10-6-7-11-17(15)21-2/h4-11,16H,3,12,19H2,1-2H3. The average Bonchev–Trinajstić information content (AvgIpc) is 2.55. The molecule has 0 radical (unpaired) electrons. The molecular formula is C18H21NO3. The molecule has 0 fully saturated rings. The Balaban J connectivity index is 2.33. The number of carbonyl (C=O) groups excluding carboxylic acids is 1. The molecule has 116 valence electrons.